The van der Waals surface area contributed by atoms with Crippen LogP contribution >= 0.6 is 11.8 Å². The molecule has 1 rings (SSSR count). The van der Waals surface area contributed by atoms with Gasteiger partial charge in [0.05, 0.1) is 19.1 Å². The van der Waals surface area contributed by atoms with Crippen LogP contribution in [-0.4, -0.2) is 55.7 Å². The van der Waals surface area contributed by atoms with Crippen LogP contribution in [0.1, 0.15) is 0 Å². The standard InChI is InChI=1S/C9H18N2O2S/c1-11(3-4-14-2)9(12)7-5-13-6-8(7)10/h7-8H,3-6,10H2,1-2H3. The normalized spacial score (nSPS) is 26.5. The maximum atomic E-state index is 11.8. The first-order chi connectivity index (χ1) is 6.66. The van der Waals surface area contributed by atoms with Crippen LogP contribution in [0.25, 0.3) is 0 Å². The van der Waals surface area contributed by atoms with Gasteiger partial charge in [0.2, 0.25) is 5.91 Å². The van der Waals surface area contributed by atoms with E-state index in [0.29, 0.717) is 13.2 Å². The first-order valence-electron chi connectivity index (χ1n) is 4.74. The van der Waals surface area contributed by atoms with E-state index in [2.05, 4.69) is 0 Å². The van der Waals surface area contributed by atoms with E-state index in [1.54, 1.807) is 16.7 Å². The number of ether oxygens (including phenoxy) is 1. The molecule has 1 heterocycles. The Labute approximate surface area is 89.2 Å². The summed E-state index contributed by atoms with van der Waals surface area (Å²) >= 11 is 1.73. The molecule has 2 N–H and O–H groups in total. The van der Waals surface area contributed by atoms with Crippen LogP contribution in [-0.2, 0) is 9.53 Å². The van der Waals surface area contributed by atoms with E-state index in [4.69, 9.17) is 10.5 Å². The summed E-state index contributed by atoms with van der Waals surface area (Å²) in [5, 5.41) is 0. The predicted molar refractivity (Wildman–Crippen MR) is 58.3 cm³/mol. The Morgan fingerprint density at radius 2 is 2.36 bits per heavy atom. The van der Waals surface area contributed by atoms with Gasteiger partial charge in [-0.2, -0.15) is 11.8 Å². The highest BCUT2D eigenvalue weighted by Crippen LogP contribution is 2.14. The Balaban J connectivity index is 2.39. The van der Waals surface area contributed by atoms with Crippen LogP contribution in [0.15, 0.2) is 0 Å². The molecule has 0 spiro atoms. The minimum Gasteiger partial charge on any atom is -0.379 e. The molecule has 5 heteroatoms. The third-order valence-corrected chi connectivity index (χ3v) is 3.04. The fourth-order valence-electron chi connectivity index (χ4n) is 1.45. The molecule has 0 aliphatic carbocycles. The second-order valence-electron chi connectivity index (χ2n) is 3.56. The van der Waals surface area contributed by atoms with Crippen LogP contribution in [0.2, 0.25) is 0 Å². The zero-order valence-corrected chi connectivity index (χ0v) is 9.55. The lowest BCUT2D eigenvalue weighted by molar-refractivity contribution is -0.134. The first-order valence-corrected chi connectivity index (χ1v) is 6.13. The molecular formula is C9H18N2O2S. The van der Waals surface area contributed by atoms with Gasteiger partial charge in [-0.3, -0.25) is 4.79 Å². The highest BCUT2D eigenvalue weighted by Gasteiger charge is 2.32. The lowest BCUT2D eigenvalue weighted by Gasteiger charge is -2.21. The van der Waals surface area contributed by atoms with E-state index in [-0.39, 0.29) is 17.9 Å². The van der Waals surface area contributed by atoms with Gasteiger partial charge in [-0.25, -0.2) is 0 Å². The summed E-state index contributed by atoms with van der Waals surface area (Å²) in [4.78, 5) is 13.6. The quantitative estimate of drug-likeness (QED) is 0.709. The number of rotatable bonds is 4. The van der Waals surface area contributed by atoms with Crippen molar-refractivity contribution >= 4 is 17.7 Å². The molecule has 14 heavy (non-hydrogen) atoms. The van der Waals surface area contributed by atoms with Gasteiger partial charge in [-0.1, -0.05) is 0 Å². The van der Waals surface area contributed by atoms with E-state index in [0.717, 1.165) is 12.3 Å². The zero-order chi connectivity index (χ0) is 10.6. The second-order valence-corrected chi connectivity index (χ2v) is 4.55. The van der Waals surface area contributed by atoms with Crippen LogP contribution < -0.4 is 5.73 Å². The molecule has 2 atom stereocenters. The summed E-state index contributed by atoms with van der Waals surface area (Å²) in [6.07, 6.45) is 2.03. The monoisotopic (exact) mass is 218 g/mol. The summed E-state index contributed by atoms with van der Waals surface area (Å²) in [5.41, 5.74) is 5.77. The van der Waals surface area contributed by atoms with Gasteiger partial charge in [0, 0.05) is 25.4 Å². The molecule has 1 amide bonds. The molecule has 1 saturated heterocycles. The van der Waals surface area contributed by atoms with Crippen molar-refractivity contribution in [1.29, 1.82) is 0 Å². The molecule has 2 unspecified atom stereocenters. The van der Waals surface area contributed by atoms with Crippen molar-refractivity contribution in [2.75, 3.05) is 38.8 Å². The largest absolute Gasteiger partial charge is 0.379 e. The van der Waals surface area contributed by atoms with Crippen molar-refractivity contribution in [3.05, 3.63) is 0 Å². The zero-order valence-electron chi connectivity index (χ0n) is 8.73. The van der Waals surface area contributed by atoms with Crippen molar-refractivity contribution in [2.24, 2.45) is 11.7 Å². The van der Waals surface area contributed by atoms with Gasteiger partial charge in [-0.05, 0) is 6.26 Å². The molecule has 0 radical (unpaired) electrons. The maximum absolute atomic E-state index is 11.8. The highest BCUT2D eigenvalue weighted by atomic mass is 32.2. The van der Waals surface area contributed by atoms with E-state index >= 15 is 0 Å². The second kappa shape index (κ2) is 5.58. The number of hydrogen-bond acceptors (Lipinski definition) is 4. The Morgan fingerprint density at radius 1 is 1.64 bits per heavy atom. The topological polar surface area (TPSA) is 55.6 Å². The lowest BCUT2D eigenvalue weighted by Crippen LogP contribution is -2.42. The van der Waals surface area contributed by atoms with Gasteiger partial charge in [0.15, 0.2) is 0 Å². The van der Waals surface area contributed by atoms with Crippen molar-refractivity contribution in [3.63, 3.8) is 0 Å². The van der Waals surface area contributed by atoms with Gasteiger partial charge in [0.25, 0.3) is 0 Å². The number of carbonyl (C=O) groups is 1. The number of nitrogens with zero attached hydrogens (tertiary/aromatic N) is 1. The van der Waals surface area contributed by atoms with E-state index in [9.17, 15) is 4.79 Å². The molecule has 4 nitrogen and oxygen atoms in total. The highest BCUT2D eigenvalue weighted by molar-refractivity contribution is 7.98. The lowest BCUT2D eigenvalue weighted by atomic mass is 10.0. The molecular weight excluding hydrogens is 200 g/mol. The molecule has 82 valence electrons. The van der Waals surface area contributed by atoms with Gasteiger partial charge < -0.3 is 15.4 Å². The van der Waals surface area contributed by atoms with E-state index in [1.807, 2.05) is 13.3 Å². The third-order valence-electron chi connectivity index (χ3n) is 2.45. The SMILES string of the molecule is CSCCN(C)C(=O)C1COCC1N. The van der Waals surface area contributed by atoms with Crippen molar-refractivity contribution in [3.8, 4) is 0 Å². The smallest absolute Gasteiger partial charge is 0.229 e. The molecule has 0 aromatic rings. The first kappa shape index (κ1) is 11.8. The molecule has 0 bridgehead atoms. The predicted octanol–water partition coefficient (Wildman–Crippen LogP) is -0.218. The maximum Gasteiger partial charge on any atom is 0.229 e. The van der Waals surface area contributed by atoms with Crippen molar-refractivity contribution < 1.29 is 9.53 Å². The Hall–Kier alpha value is -0.260. The Morgan fingerprint density at radius 3 is 2.86 bits per heavy atom. The van der Waals surface area contributed by atoms with Gasteiger partial charge in [0.1, 0.15) is 0 Å². The minimum atomic E-state index is -0.137. The minimum absolute atomic E-state index is 0.115. The van der Waals surface area contributed by atoms with E-state index in [1.165, 1.54) is 0 Å². The summed E-state index contributed by atoms with van der Waals surface area (Å²) in [5.74, 6) is 0.941. The molecule has 0 saturated carbocycles. The summed E-state index contributed by atoms with van der Waals surface area (Å²) in [7, 11) is 1.82. The average Bonchev–Trinajstić information content (AvgIpc) is 2.59. The summed E-state index contributed by atoms with van der Waals surface area (Å²) in [6, 6.07) is -0.126. The van der Waals surface area contributed by atoms with Crippen LogP contribution in [0.3, 0.4) is 0 Å². The third kappa shape index (κ3) is 2.87. The van der Waals surface area contributed by atoms with E-state index < -0.39 is 0 Å². The Kier molecular flexibility index (Phi) is 4.71. The van der Waals surface area contributed by atoms with Gasteiger partial charge in [-0.15, -0.1) is 0 Å². The Bertz CT molecular complexity index is 201. The summed E-state index contributed by atoms with van der Waals surface area (Å²) < 4.78 is 5.17. The fraction of sp³-hybridized carbons (Fsp3) is 0.889. The molecule has 0 aromatic carbocycles. The van der Waals surface area contributed by atoms with Crippen LogP contribution in [0.5, 0.6) is 0 Å². The number of thioether (sulfide) groups is 1. The number of nitrogens with two attached hydrogens (primary N) is 1. The summed E-state index contributed by atoms with van der Waals surface area (Å²) in [6.45, 7) is 1.76. The van der Waals surface area contributed by atoms with Gasteiger partial charge >= 0.3 is 0 Å². The average molecular weight is 218 g/mol. The van der Waals surface area contributed by atoms with Crippen LogP contribution in [0, 0.1) is 5.92 Å². The molecule has 1 fully saturated rings. The number of hydrogen-bond donors (Lipinski definition) is 1. The number of amides is 1. The van der Waals surface area contributed by atoms with Crippen molar-refractivity contribution in [1.82, 2.24) is 4.90 Å². The molecule has 1 aliphatic rings. The fourth-order valence-corrected chi connectivity index (χ4v) is 1.90. The van der Waals surface area contributed by atoms with Crippen molar-refractivity contribution in [2.45, 2.75) is 6.04 Å². The molecule has 0 aromatic heterocycles. The molecule has 1 aliphatic heterocycles. The van der Waals surface area contributed by atoms with Crippen LogP contribution in [0.4, 0.5) is 0 Å². The number of carbonyl (C=O) groups excluding carboxylic acids is 1.